The van der Waals surface area contributed by atoms with Crippen LogP contribution in [0.3, 0.4) is 0 Å². The number of ether oxygens (including phenoxy) is 4. The second-order valence-corrected chi connectivity index (χ2v) is 11.5. The summed E-state index contributed by atoms with van der Waals surface area (Å²) in [5, 5.41) is 2.38. The van der Waals surface area contributed by atoms with Gasteiger partial charge in [0.05, 0.1) is 0 Å². The minimum absolute atomic E-state index is 0.173. The first-order chi connectivity index (χ1) is 17.9. The fourth-order valence-electron chi connectivity index (χ4n) is 7.57. The van der Waals surface area contributed by atoms with Gasteiger partial charge in [0.2, 0.25) is 0 Å². The quantitative estimate of drug-likeness (QED) is 0.185. The van der Waals surface area contributed by atoms with Crippen molar-refractivity contribution in [3.63, 3.8) is 0 Å². The van der Waals surface area contributed by atoms with Gasteiger partial charge in [-0.2, -0.15) is 0 Å². The molecule has 7 rings (SSSR count). The standard InChI is InChI=1S/C32H36O5/c1-20(33)37-29-8-6-25(7-9-29)26-4-5-27-15-31(36-19-35-21(2)34-3)30(14-28(27)13-26)32-16-22-10-23(17-32)12-24(11-22)18-32/h4-9,13-15,21-24H,10-12,16-19H2,1-3H3. The van der Waals surface area contributed by atoms with Crippen molar-refractivity contribution in [2.45, 2.75) is 64.1 Å². The molecule has 4 saturated carbocycles. The molecule has 0 aliphatic heterocycles. The Morgan fingerprint density at radius 2 is 1.54 bits per heavy atom. The number of rotatable bonds is 8. The first-order valence-corrected chi connectivity index (χ1v) is 13.5. The zero-order valence-electron chi connectivity index (χ0n) is 22.0. The Morgan fingerprint density at radius 3 is 2.16 bits per heavy atom. The molecule has 0 saturated heterocycles. The summed E-state index contributed by atoms with van der Waals surface area (Å²) in [7, 11) is 1.64. The molecule has 3 aromatic carbocycles. The summed E-state index contributed by atoms with van der Waals surface area (Å²) in [5.74, 6) is 3.75. The number of hydrogen-bond donors (Lipinski definition) is 0. The summed E-state index contributed by atoms with van der Waals surface area (Å²) in [6, 6.07) is 18.9. The van der Waals surface area contributed by atoms with Gasteiger partial charge in [-0.05, 0) is 121 Å². The summed E-state index contributed by atoms with van der Waals surface area (Å²) in [5.41, 5.74) is 3.79. The van der Waals surface area contributed by atoms with Gasteiger partial charge in [-0.25, -0.2) is 0 Å². The lowest BCUT2D eigenvalue weighted by Crippen LogP contribution is -2.48. The lowest BCUT2D eigenvalue weighted by molar-refractivity contribution is -0.150. The fraction of sp³-hybridized carbons (Fsp3) is 0.469. The van der Waals surface area contributed by atoms with Crippen LogP contribution in [0, 0.1) is 17.8 Å². The average molecular weight is 501 g/mol. The van der Waals surface area contributed by atoms with Gasteiger partial charge < -0.3 is 18.9 Å². The second-order valence-electron chi connectivity index (χ2n) is 11.5. The predicted molar refractivity (Wildman–Crippen MR) is 144 cm³/mol. The van der Waals surface area contributed by atoms with Gasteiger partial charge in [0.25, 0.3) is 0 Å². The predicted octanol–water partition coefficient (Wildman–Crippen LogP) is 7.25. The number of hydrogen-bond acceptors (Lipinski definition) is 5. The molecule has 4 aliphatic rings. The number of esters is 1. The highest BCUT2D eigenvalue weighted by Gasteiger charge is 2.52. The van der Waals surface area contributed by atoms with E-state index in [0.29, 0.717) is 5.75 Å². The third-order valence-corrected chi connectivity index (χ3v) is 8.85. The lowest BCUT2D eigenvalue weighted by Gasteiger charge is -2.57. The van der Waals surface area contributed by atoms with Crippen LogP contribution in [-0.2, 0) is 19.7 Å². The van der Waals surface area contributed by atoms with E-state index in [9.17, 15) is 4.79 Å². The SMILES string of the molecule is COC(C)OCOc1cc2ccc(-c3ccc(OC(C)=O)cc3)cc2cc1C12CC3CC(CC(C3)C1)C2. The Morgan fingerprint density at radius 1 is 0.892 bits per heavy atom. The maximum Gasteiger partial charge on any atom is 0.308 e. The smallest absolute Gasteiger partial charge is 0.308 e. The van der Waals surface area contributed by atoms with Gasteiger partial charge in [0, 0.05) is 19.6 Å². The Labute approximate surface area is 219 Å². The molecule has 4 bridgehead atoms. The monoisotopic (exact) mass is 500 g/mol. The highest BCUT2D eigenvalue weighted by atomic mass is 16.7. The first-order valence-electron chi connectivity index (χ1n) is 13.5. The number of benzene rings is 3. The van der Waals surface area contributed by atoms with Crippen LogP contribution in [0.4, 0.5) is 0 Å². The Balaban J connectivity index is 1.37. The maximum atomic E-state index is 11.3. The number of fused-ring (bicyclic) bond motifs is 1. The zero-order chi connectivity index (χ0) is 25.6. The molecule has 4 aliphatic carbocycles. The van der Waals surface area contributed by atoms with Crippen LogP contribution in [0.1, 0.15) is 57.9 Å². The molecule has 194 valence electrons. The van der Waals surface area contributed by atoms with Crippen LogP contribution < -0.4 is 9.47 Å². The Kier molecular flexibility index (Phi) is 6.46. The summed E-state index contributed by atoms with van der Waals surface area (Å²) in [6.07, 6.45) is 7.73. The van der Waals surface area contributed by atoms with E-state index in [2.05, 4.69) is 30.3 Å². The van der Waals surface area contributed by atoms with Crippen molar-refractivity contribution in [1.29, 1.82) is 0 Å². The van der Waals surface area contributed by atoms with Crippen molar-refractivity contribution in [3.05, 3.63) is 60.2 Å². The van der Waals surface area contributed by atoms with Crippen LogP contribution in [-0.4, -0.2) is 26.2 Å². The van der Waals surface area contributed by atoms with Crippen molar-refractivity contribution in [3.8, 4) is 22.6 Å². The van der Waals surface area contributed by atoms with Crippen molar-refractivity contribution in [1.82, 2.24) is 0 Å². The molecule has 4 fully saturated rings. The molecule has 5 heteroatoms. The molecular formula is C32H36O5. The molecule has 1 unspecified atom stereocenters. The third-order valence-electron chi connectivity index (χ3n) is 8.85. The molecule has 3 aromatic rings. The number of carbonyl (C=O) groups is 1. The Hall–Kier alpha value is -2.89. The molecule has 0 spiro atoms. The number of methoxy groups -OCH3 is 1. The van der Waals surface area contributed by atoms with Crippen molar-refractivity contribution in [2.24, 2.45) is 17.8 Å². The minimum Gasteiger partial charge on any atom is -0.467 e. The summed E-state index contributed by atoms with van der Waals surface area (Å²) in [6.45, 7) is 3.47. The van der Waals surface area contributed by atoms with Crippen molar-refractivity contribution < 1.29 is 23.7 Å². The molecular weight excluding hydrogens is 464 g/mol. The topological polar surface area (TPSA) is 54.0 Å². The molecule has 0 heterocycles. The van der Waals surface area contributed by atoms with Crippen molar-refractivity contribution in [2.75, 3.05) is 13.9 Å². The lowest BCUT2D eigenvalue weighted by atomic mass is 9.48. The third kappa shape index (κ3) is 4.87. The second kappa shape index (κ2) is 9.77. The van der Waals surface area contributed by atoms with E-state index in [1.54, 1.807) is 7.11 Å². The summed E-state index contributed by atoms with van der Waals surface area (Å²) >= 11 is 0. The van der Waals surface area contributed by atoms with Gasteiger partial charge in [-0.3, -0.25) is 4.79 Å². The van der Waals surface area contributed by atoms with E-state index < -0.39 is 0 Å². The van der Waals surface area contributed by atoms with Crippen LogP contribution in [0.15, 0.2) is 54.6 Å². The van der Waals surface area contributed by atoms with Crippen LogP contribution >= 0.6 is 0 Å². The average Bonchev–Trinajstić information content (AvgIpc) is 2.87. The van der Waals surface area contributed by atoms with Gasteiger partial charge in [0.1, 0.15) is 11.5 Å². The Bertz CT molecular complexity index is 1260. The molecule has 0 radical (unpaired) electrons. The van der Waals surface area contributed by atoms with Crippen LogP contribution in [0.5, 0.6) is 11.5 Å². The highest BCUT2D eigenvalue weighted by molar-refractivity contribution is 5.89. The molecule has 0 amide bonds. The van der Waals surface area contributed by atoms with Gasteiger partial charge in [-0.15, -0.1) is 0 Å². The largest absolute Gasteiger partial charge is 0.467 e. The van der Waals surface area contributed by atoms with Crippen molar-refractivity contribution >= 4 is 16.7 Å². The first kappa shape index (κ1) is 24.4. The maximum absolute atomic E-state index is 11.3. The van der Waals surface area contributed by atoms with E-state index in [1.807, 2.05) is 31.2 Å². The van der Waals surface area contributed by atoms with Crippen LogP contribution in [0.25, 0.3) is 21.9 Å². The molecule has 1 atom stereocenters. The van der Waals surface area contributed by atoms with Crippen LogP contribution in [0.2, 0.25) is 0 Å². The van der Waals surface area contributed by atoms with Gasteiger partial charge in [0.15, 0.2) is 13.1 Å². The molecule has 0 aromatic heterocycles. The molecule has 0 N–H and O–H groups in total. The molecule has 37 heavy (non-hydrogen) atoms. The van der Waals surface area contributed by atoms with E-state index in [1.165, 1.54) is 56.4 Å². The number of carbonyl (C=O) groups excluding carboxylic acids is 1. The zero-order valence-corrected chi connectivity index (χ0v) is 22.0. The van der Waals surface area contributed by atoms with E-state index >= 15 is 0 Å². The summed E-state index contributed by atoms with van der Waals surface area (Å²) in [4.78, 5) is 11.3. The van der Waals surface area contributed by atoms with Gasteiger partial charge >= 0.3 is 5.97 Å². The van der Waals surface area contributed by atoms with Gasteiger partial charge in [-0.1, -0.05) is 24.3 Å². The van der Waals surface area contributed by atoms with E-state index in [-0.39, 0.29) is 24.5 Å². The normalized spacial score (nSPS) is 26.8. The van der Waals surface area contributed by atoms with E-state index in [0.717, 1.165) is 40.0 Å². The van der Waals surface area contributed by atoms with E-state index in [4.69, 9.17) is 18.9 Å². The fourth-order valence-corrected chi connectivity index (χ4v) is 7.57. The molecule has 5 nitrogen and oxygen atoms in total. The summed E-state index contributed by atoms with van der Waals surface area (Å²) < 4.78 is 22.5. The minimum atomic E-state index is -0.309. The highest BCUT2D eigenvalue weighted by Crippen LogP contribution is 2.62.